The van der Waals surface area contributed by atoms with Gasteiger partial charge < -0.3 is 0 Å². The van der Waals surface area contributed by atoms with E-state index in [1.165, 1.54) is 36.4 Å². The summed E-state index contributed by atoms with van der Waals surface area (Å²) in [7, 11) is 0. The Morgan fingerprint density at radius 1 is 0.312 bits per heavy atom. The van der Waals surface area contributed by atoms with Crippen LogP contribution in [-0.2, 0) is 12.4 Å². The van der Waals surface area contributed by atoms with Crippen molar-refractivity contribution in [3.05, 3.63) is 108 Å². The molecule has 0 aromatic heterocycles. The number of benzene rings is 4. The lowest BCUT2D eigenvalue weighted by Gasteiger charge is -2.19. The lowest BCUT2D eigenvalue weighted by Crippen LogP contribution is -2.08. The Labute approximate surface area is 180 Å². The maximum absolute atomic E-state index is 13.7. The minimum absolute atomic E-state index is 0.0329. The third-order valence-corrected chi connectivity index (χ3v) is 5.19. The molecule has 0 N–H and O–H groups in total. The molecule has 0 radical (unpaired) electrons. The van der Waals surface area contributed by atoms with Crippen molar-refractivity contribution in [1.82, 2.24) is 0 Å². The molecule has 0 atom stereocenters. The molecule has 4 rings (SSSR count). The topological polar surface area (TPSA) is 0 Å². The van der Waals surface area contributed by atoms with Crippen LogP contribution in [0, 0.1) is 0 Å². The molecule has 0 nitrogen and oxygen atoms in total. The SMILES string of the molecule is FC(F)(F)c1ccccc1-c1ccccc1-c1ccccc1-c1ccccc1C(F)(F)F. The van der Waals surface area contributed by atoms with Gasteiger partial charge in [0, 0.05) is 0 Å². The van der Waals surface area contributed by atoms with E-state index in [4.69, 9.17) is 0 Å². The molecular formula is C26H16F6. The Balaban J connectivity index is 1.99. The van der Waals surface area contributed by atoms with Gasteiger partial charge in [-0.25, -0.2) is 0 Å². The summed E-state index contributed by atoms with van der Waals surface area (Å²) >= 11 is 0. The van der Waals surface area contributed by atoms with Crippen molar-refractivity contribution < 1.29 is 26.3 Å². The highest BCUT2D eigenvalue weighted by molar-refractivity contribution is 5.93. The van der Waals surface area contributed by atoms with Crippen LogP contribution < -0.4 is 0 Å². The molecule has 0 amide bonds. The van der Waals surface area contributed by atoms with E-state index < -0.39 is 23.5 Å². The lowest BCUT2D eigenvalue weighted by atomic mass is 9.87. The fraction of sp³-hybridized carbons (Fsp3) is 0.0769. The molecule has 0 heterocycles. The van der Waals surface area contributed by atoms with Crippen molar-refractivity contribution in [2.45, 2.75) is 12.4 Å². The Bertz CT molecular complexity index is 1150. The number of halogens is 6. The Hall–Kier alpha value is -3.54. The van der Waals surface area contributed by atoms with Crippen LogP contribution in [-0.4, -0.2) is 0 Å². The van der Waals surface area contributed by atoms with Gasteiger partial charge in [-0.1, -0.05) is 84.9 Å². The molecule has 0 saturated carbocycles. The first kappa shape index (κ1) is 21.7. The molecule has 32 heavy (non-hydrogen) atoms. The van der Waals surface area contributed by atoms with Gasteiger partial charge in [0.05, 0.1) is 11.1 Å². The number of alkyl halides is 6. The maximum Gasteiger partial charge on any atom is 0.417 e. The summed E-state index contributed by atoms with van der Waals surface area (Å²) in [6.07, 6.45) is -9.15. The molecular weight excluding hydrogens is 426 g/mol. The number of hydrogen-bond acceptors (Lipinski definition) is 0. The average molecular weight is 442 g/mol. The Morgan fingerprint density at radius 3 is 0.812 bits per heavy atom. The normalized spacial score (nSPS) is 12.1. The zero-order valence-corrected chi connectivity index (χ0v) is 16.5. The van der Waals surface area contributed by atoms with Gasteiger partial charge in [-0.05, 0) is 45.5 Å². The van der Waals surface area contributed by atoms with Crippen LogP contribution in [0.3, 0.4) is 0 Å². The summed E-state index contributed by atoms with van der Waals surface area (Å²) in [4.78, 5) is 0. The summed E-state index contributed by atoms with van der Waals surface area (Å²) in [6.45, 7) is 0. The predicted octanol–water partition coefficient (Wildman–Crippen LogP) is 8.73. The Kier molecular flexibility index (Phi) is 5.55. The molecule has 0 unspecified atom stereocenters. The van der Waals surface area contributed by atoms with E-state index >= 15 is 0 Å². The second-order valence-electron chi connectivity index (χ2n) is 7.18. The van der Waals surface area contributed by atoms with E-state index in [2.05, 4.69) is 0 Å². The minimum atomic E-state index is -4.58. The van der Waals surface area contributed by atoms with Gasteiger partial charge >= 0.3 is 12.4 Å². The van der Waals surface area contributed by atoms with Crippen molar-refractivity contribution in [2.75, 3.05) is 0 Å². The zero-order valence-electron chi connectivity index (χ0n) is 16.5. The third-order valence-electron chi connectivity index (χ3n) is 5.19. The predicted molar refractivity (Wildman–Crippen MR) is 113 cm³/mol. The first-order chi connectivity index (χ1) is 15.2. The summed E-state index contributed by atoms with van der Waals surface area (Å²) in [5.74, 6) is 0. The smallest absolute Gasteiger partial charge is 0.166 e. The van der Waals surface area contributed by atoms with E-state index in [0.29, 0.717) is 11.1 Å². The van der Waals surface area contributed by atoms with Gasteiger partial charge in [0.2, 0.25) is 0 Å². The van der Waals surface area contributed by atoms with E-state index in [9.17, 15) is 26.3 Å². The average Bonchev–Trinajstić information content (AvgIpc) is 2.78. The quantitative estimate of drug-likeness (QED) is 0.278. The van der Waals surface area contributed by atoms with Crippen molar-refractivity contribution >= 4 is 0 Å². The second-order valence-corrected chi connectivity index (χ2v) is 7.18. The summed E-state index contributed by atoms with van der Waals surface area (Å²) in [6, 6.07) is 23.2. The molecule has 162 valence electrons. The van der Waals surface area contributed by atoms with Crippen LogP contribution in [0.1, 0.15) is 11.1 Å². The highest BCUT2D eigenvalue weighted by Crippen LogP contribution is 2.45. The van der Waals surface area contributed by atoms with Crippen LogP contribution in [0.2, 0.25) is 0 Å². The molecule has 0 saturated heterocycles. The Morgan fingerprint density at radius 2 is 0.531 bits per heavy atom. The van der Waals surface area contributed by atoms with Gasteiger partial charge in [0.25, 0.3) is 0 Å². The van der Waals surface area contributed by atoms with E-state index in [1.54, 1.807) is 48.5 Å². The van der Waals surface area contributed by atoms with Crippen LogP contribution in [0.5, 0.6) is 0 Å². The first-order valence-electron chi connectivity index (χ1n) is 9.69. The third kappa shape index (κ3) is 4.13. The van der Waals surface area contributed by atoms with Gasteiger partial charge in [0.1, 0.15) is 0 Å². The molecule has 4 aromatic rings. The number of rotatable bonds is 3. The highest BCUT2D eigenvalue weighted by Gasteiger charge is 2.35. The van der Waals surface area contributed by atoms with Gasteiger partial charge in [-0.3, -0.25) is 0 Å². The fourth-order valence-electron chi connectivity index (χ4n) is 3.84. The molecule has 4 aromatic carbocycles. The van der Waals surface area contributed by atoms with E-state index in [1.807, 2.05) is 0 Å². The van der Waals surface area contributed by atoms with Crippen molar-refractivity contribution in [3.8, 4) is 33.4 Å². The van der Waals surface area contributed by atoms with Crippen LogP contribution in [0.25, 0.3) is 33.4 Å². The van der Waals surface area contributed by atoms with Crippen molar-refractivity contribution in [2.24, 2.45) is 0 Å². The molecule has 0 aliphatic heterocycles. The molecule has 0 bridgehead atoms. The highest BCUT2D eigenvalue weighted by atomic mass is 19.4. The standard InChI is InChI=1S/C26H16F6/c27-25(28,29)23-15-7-5-13-21(23)19-11-3-1-9-17(19)18-10-2-4-12-20(18)22-14-6-8-16-24(22)26(30,31)32/h1-16H. The fourth-order valence-corrected chi connectivity index (χ4v) is 3.84. The van der Waals surface area contributed by atoms with E-state index in [-0.39, 0.29) is 22.3 Å². The van der Waals surface area contributed by atoms with Crippen molar-refractivity contribution in [1.29, 1.82) is 0 Å². The molecule has 0 aliphatic carbocycles. The van der Waals surface area contributed by atoms with Crippen molar-refractivity contribution in [3.63, 3.8) is 0 Å². The second kappa shape index (κ2) is 8.19. The monoisotopic (exact) mass is 442 g/mol. The van der Waals surface area contributed by atoms with Gasteiger partial charge in [-0.15, -0.1) is 0 Å². The van der Waals surface area contributed by atoms with Crippen LogP contribution in [0.15, 0.2) is 97.1 Å². The largest absolute Gasteiger partial charge is 0.417 e. The van der Waals surface area contributed by atoms with E-state index in [0.717, 1.165) is 12.1 Å². The minimum Gasteiger partial charge on any atom is -0.166 e. The molecule has 0 aliphatic rings. The molecule has 6 heteroatoms. The molecule has 0 spiro atoms. The number of hydrogen-bond donors (Lipinski definition) is 0. The lowest BCUT2D eigenvalue weighted by molar-refractivity contribution is -0.137. The van der Waals surface area contributed by atoms with Gasteiger partial charge in [-0.2, -0.15) is 26.3 Å². The first-order valence-corrected chi connectivity index (χ1v) is 9.69. The zero-order chi connectivity index (χ0) is 22.9. The summed E-state index contributed by atoms with van der Waals surface area (Å²) < 4.78 is 82.0. The van der Waals surface area contributed by atoms with Crippen LogP contribution >= 0.6 is 0 Å². The van der Waals surface area contributed by atoms with Crippen LogP contribution in [0.4, 0.5) is 26.3 Å². The maximum atomic E-state index is 13.7. The van der Waals surface area contributed by atoms with Gasteiger partial charge in [0.15, 0.2) is 0 Å². The molecule has 0 fully saturated rings. The summed E-state index contributed by atoms with van der Waals surface area (Å²) in [5.41, 5.74) is -0.270. The summed E-state index contributed by atoms with van der Waals surface area (Å²) in [5, 5.41) is 0.